The van der Waals surface area contributed by atoms with Crippen LogP contribution >= 0.6 is 0 Å². The molecule has 1 aromatic heterocycles. The molecular formula is C17H31N7O5S. The van der Waals surface area contributed by atoms with Crippen LogP contribution in [0.1, 0.15) is 20.8 Å². The van der Waals surface area contributed by atoms with E-state index in [4.69, 9.17) is 4.74 Å². The number of rotatable bonds is 10. The summed E-state index contributed by atoms with van der Waals surface area (Å²) in [6.45, 7) is 9.22. The highest BCUT2D eigenvalue weighted by molar-refractivity contribution is 7.89. The van der Waals surface area contributed by atoms with E-state index < -0.39 is 14.9 Å². The fourth-order valence-corrected chi connectivity index (χ4v) is 4.23. The maximum absolute atomic E-state index is 12.5. The van der Waals surface area contributed by atoms with E-state index in [1.54, 1.807) is 0 Å². The van der Waals surface area contributed by atoms with E-state index in [9.17, 15) is 18.5 Å². The van der Waals surface area contributed by atoms with Gasteiger partial charge in [-0.05, 0) is 20.8 Å². The van der Waals surface area contributed by atoms with Crippen molar-refractivity contribution in [3.05, 3.63) is 22.5 Å². The zero-order valence-electron chi connectivity index (χ0n) is 17.7. The average Bonchev–Trinajstić information content (AvgIpc) is 3.16. The molecule has 2 rings (SSSR count). The number of hydrogen-bond donors (Lipinski definition) is 1. The Kier molecular flexibility index (Phi) is 8.99. The third-order valence-electron chi connectivity index (χ3n) is 4.48. The van der Waals surface area contributed by atoms with E-state index in [1.807, 2.05) is 25.7 Å². The first-order valence-electron chi connectivity index (χ1n) is 10.0. The first-order chi connectivity index (χ1) is 14.2. The van der Waals surface area contributed by atoms with Gasteiger partial charge < -0.3 is 15.0 Å². The molecule has 1 aliphatic heterocycles. The Morgan fingerprint density at radius 3 is 2.63 bits per heavy atom. The highest BCUT2D eigenvalue weighted by atomic mass is 32.2. The fraction of sp³-hybridized carbons (Fsp3) is 0.765. The molecule has 0 bridgehead atoms. The Bertz CT molecular complexity index is 816. The molecule has 0 aliphatic carbocycles. The van der Waals surface area contributed by atoms with Crippen LogP contribution in [0.25, 0.3) is 0 Å². The maximum Gasteiger partial charge on any atom is 0.306 e. The fourth-order valence-electron chi connectivity index (χ4n) is 2.95. The van der Waals surface area contributed by atoms with Crippen LogP contribution in [-0.2, 0) is 21.3 Å². The number of nitrogens with one attached hydrogen (secondary N) is 1. The topological polar surface area (TPSA) is 135 Å². The second-order valence-electron chi connectivity index (χ2n) is 7.08. The molecule has 1 aromatic rings. The van der Waals surface area contributed by atoms with Crippen LogP contribution in [-0.4, -0.2) is 96.0 Å². The first-order valence-corrected chi connectivity index (χ1v) is 11.6. The van der Waals surface area contributed by atoms with Gasteiger partial charge in [0.05, 0.1) is 36.5 Å². The van der Waals surface area contributed by atoms with Crippen LogP contribution in [0.15, 0.2) is 17.4 Å². The van der Waals surface area contributed by atoms with Crippen LogP contribution in [0.2, 0.25) is 0 Å². The molecule has 1 saturated heterocycles. The van der Waals surface area contributed by atoms with Crippen molar-refractivity contribution in [3.8, 4) is 0 Å². The lowest BCUT2D eigenvalue weighted by atomic mass is 10.4. The molecule has 0 aromatic carbocycles. The van der Waals surface area contributed by atoms with Gasteiger partial charge in [0.15, 0.2) is 5.96 Å². The van der Waals surface area contributed by atoms with E-state index in [-0.39, 0.29) is 24.2 Å². The number of ether oxygens (including phenoxy) is 1. The van der Waals surface area contributed by atoms with E-state index in [0.29, 0.717) is 51.8 Å². The molecule has 170 valence electrons. The van der Waals surface area contributed by atoms with E-state index in [0.717, 1.165) is 0 Å². The van der Waals surface area contributed by atoms with Crippen molar-refractivity contribution in [1.82, 2.24) is 24.3 Å². The molecule has 0 radical (unpaired) electrons. The smallest absolute Gasteiger partial charge is 0.306 e. The molecule has 30 heavy (non-hydrogen) atoms. The molecule has 13 heteroatoms. The number of aliphatic imine (C=N–C) groups is 1. The Labute approximate surface area is 177 Å². The van der Waals surface area contributed by atoms with Gasteiger partial charge in [0.2, 0.25) is 10.0 Å². The van der Waals surface area contributed by atoms with E-state index >= 15 is 0 Å². The summed E-state index contributed by atoms with van der Waals surface area (Å²) in [7, 11) is -3.34. The Morgan fingerprint density at radius 1 is 1.37 bits per heavy atom. The SMILES string of the molecule is CCNC(=NCCn1cc([N+](=O)[O-])cn1)N1CCN(S(=O)(=O)CCOC(C)C)CC1. The number of nitro groups is 1. The molecule has 0 atom stereocenters. The monoisotopic (exact) mass is 445 g/mol. The number of hydrogen-bond acceptors (Lipinski definition) is 7. The molecule has 1 N–H and O–H groups in total. The quantitative estimate of drug-likeness (QED) is 0.232. The first kappa shape index (κ1) is 24.0. The van der Waals surface area contributed by atoms with Gasteiger partial charge in [0, 0.05) is 32.7 Å². The van der Waals surface area contributed by atoms with Crippen molar-refractivity contribution in [3.63, 3.8) is 0 Å². The summed E-state index contributed by atoms with van der Waals surface area (Å²) < 4.78 is 33.3. The molecule has 0 spiro atoms. The lowest BCUT2D eigenvalue weighted by Crippen LogP contribution is -2.54. The van der Waals surface area contributed by atoms with Gasteiger partial charge in [-0.15, -0.1) is 0 Å². The minimum absolute atomic E-state index is 0.00353. The van der Waals surface area contributed by atoms with Crippen LogP contribution in [0.5, 0.6) is 0 Å². The molecule has 1 aliphatic rings. The van der Waals surface area contributed by atoms with Crippen LogP contribution in [0.4, 0.5) is 5.69 Å². The van der Waals surface area contributed by atoms with Crippen LogP contribution in [0.3, 0.4) is 0 Å². The second-order valence-corrected chi connectivity index (χ2v) is 9.16. The summed E-state index contributed by atoms with van der Waals surface area (Å²) in [4.78, 5) is 16.8. The van der Waals surface area contributed by atoms with Crippen LogP contribution < -0.4 is 5.32 Å². The lowest BCUT2D eigenvalue weighted by molar-refractivity contribution is -0.385. The third-order valence-corrected chi connectivity index (χ3v) is 6.31. The van der Waals surface area contributed by atoms with Crippen molar-refractivity contribution in [2.75, 3.05) is 51.6 Å². The summed E-state index contributed by atoms with van der Waals surface area (Å²) in [6, 6.07) is 0. The number of sulfonamides is 1. The minimum Gasteiger partial charge on any atom is -0.378 e. The Hall–Kier alpha value is -2.25. The standard InChI is InChI=1S/C17H31N7O5S/c1-4-18-17(19-5-6-22-14-16(13-20-22)24(25)26)21-7-9-23(10-8-21)30(27,28)12-11-29-15(2)3/h13-15H,4-12H2,1-3H3,(H,18,19). The summed E-state index contributed by atoms with van der Waals surface area (Å²) in [6.07, 6.45) is 2.58. The average molecular weight is 446 g/mol. The molecule has 2 heterocycles. The number of nitrogens with zero attached hydrogens (tertiary/aromatic N) is 6. The zero-order chi connectivity index (χ0) is 22.1. The highest BCUT2D eigenvalue weighted by Crippen LogP contribution is 2.10. The predicted octanol–water partition coefficient (Wildman–Crippen LogP) is 0.129. The molecule has 1 fully saturated rings. The van der Waals surface area contributed by atoms with Gasteiger partial charge in [0.25, 0.3) is 0 Å². The van der Waals surface area contributed by atoms with Gasteiger partial charge in [-0.2, -0.15) is 9.40 Å². The van der Waals surface area contributed by atoms with Gasteiger partial charge >= 0.3 is 5.69 Å². The highest BCUT2D eigenvalue weighted by Gasteiger charge is 2.28. The molecule has 0 unspecified atom stereocenters. The number of aromatic nitrogens is 2. The largest absolute Gasteiger partial charge is 0.378 e. The third kappa shape index (κ3) is 7.22. The Balaban J connectivity index is 1.88. The number of guanidine groups is 1. The minimum atomic E-state index is -3.34. The molecule has 12 nitrogen and oxygen atoms in total. The maximum atomic E-state index is 12.5. The summed E-state index contributed by atoms with van der Waals surface area (Å²) in [5.41, 5.74) is -0.0537. The van der Waals surface area contributed by atoms with E-state index in [2.05, 4.69) is 15.4 Å². The summed E-state index contributed by atoms with van der Waals surface area (Å²) in [5.74, 6) is 0.675. The Morgan fingerprint density at radius 2 is 2.07 bits per heavy atom. The van der Waals surface area contributed by atoms with Crippen LogP contribution in [0, 0.1) is 10.1 Å². The predicted molar refractivity (Wildman–Crippen MR) is 113 cm³/mol. The lowest BCUT2D eigenvalue weighted by Gasteiger charge is -2.35. The van der Waals surface area contributed by atoms with Gasteiger partial charge in [0.1, 0.15) is 12.4 Å². The second kappa shape index (κ2) is 11.2. The number of piperazine rings is 1. The van der Waals surface area contributed by atoms with Gasteiger partial charge in [-0.3, -0.25) is 19.8 Å². The molecule has 0 saturated carbocycles. The van der Waals surface area contributed by atoms with Gasteiger partial charge in [-0.1, -0.05) is 0 Å². The van der Waals surface area contributed by atoms with Crippen molar-refractivity contribution in [2.45, 2.75) is 33.4 Å². The van der Waals surface area contributed by atoms with Crippen molar-refractivity contribution >= 4 is 21.7 Å². The van der Waals surface area contributed by atoms with Crippen molar-refractivity contribution in [1.29, 1.82) is 0 Å². The molecule has 0 amide bonds. The van der Waals surface area contributed by atoms with Crippen molar-refractivity contribution in [2.24, 2.45) is 4.99 Å². The summed E-state index contributed by atoms with van der Waals surface area (Å²) >= 11 is 0. The molecular weight excluding hydrogens is 414 g/mol. The van der Waals surface area contributed by atoms with Crippen molar-refractivity contribution < 1.29 is 18.1 Å². The van der Waals surface area contributed by atoms with E-state index in [1.165, 1.54) is 21.4 Å². The zero-order valence-corrected chi connectivity index (χ0v) is 18.5. The normalized spacial score (nSPS) is 16.3. The summed E-state index contributed by atoms with van der Waals surface area (Å²) in [5, 5.41) is 17.9. The van der Waals surface area contributed by atoms with Gasteiger partial charge in [-0.25, -0.2) is 8.42 Å².